The molecule has 34 heavy (non-hydrogen) atoms. The van der Waals surface area contributed by atoms with Crippen LogP contribution >= 0.6 is 11.6 Å². The van der Waals surface area contributed by atoms with Crippen LogP contribution < -0.4 is 15.1 Å². The standard InChI is InChI=1S/C22H20ClF4N5O2/c1-11-6-15(22(25,26)27)14(9-28)19(30-11)32-10-12(20(33)29-2)7-18(32)21(34)31(3)13-4-5-17(24)16(23)8-13/h4-6,8,12,18H,7,10H2,1-3H3,(H,29,33)/t12-,18-/m0/s1. The molecule has 1 aromatic carbocycles. The molecular formula is C22H20ClF4N5O2. The van der Waals surface area contributed by atoms with E-state index in [0.29, 0.717) is 0 Å². The largest absolute Gasteiger partial charge is 0.417 e. The molecule has 1 fully saturated rings. The summed E-state index contributed by atoms with van der Waals surface area (Å²) in [6.45, 7) is 1.21. The Balaban J connectivity index is 2.10. The lowest BCUT2D eigenvalue weighted by atomic mass is 10.0. The monoisotopic (exact) mass is 497 g/mol. The van der Waals surface area contributed by atoms with Gasteiger partial charge in [0, 0.05) is 32.0 Å². The topological polar surface area (TPSA) is 89.3 Å². The number of rotatable bonds is 4. The second-order valence-corrected chi connectivity index (χ2v) is 8.24. The first kappa shape index (κ1) is 25.2. The van der Waals surface area contributed by atoms with Gasteiger partial charge < -0.3 is 15.1 Å². The van der Waals surface area contributed by atoms with Crippen molar-refractivity contribution in [3.63, 3.8) is 0 Å². The Labute approximate surface area is 197 Å². The van der Waals surface area contributed by atoms with Gasteiger partial charge in [0.25, 0.3) is 0 Å². The minimum absolute atomic E-state index is 0.00501. The molecule has 180 valence electrons. The zero-order chi connectivity index (χ0) is 25.4. The molecule has 1 aliphatic heterocycles. The van der Waals surface area contributed by atoms with E-state index < -0.39 is 46.9 Å². The number of aryl methyl sites for hydroxylation is 1. The van der Waals surface area contributed by atoms with Gasteiger partial charge in [0.2, 0.25) is 11.8 Å². The Bertz CT molecular complexity index is 1180. The fourth-order valence-electron chi connectivity index (χ4n) is 3.94. The highest BCUT2D eigenvalue weighted by Crippen LogP contribution is 2.39. The minimum atomic E-state index is -4.82. The molecule has 3 rings (SSSR count). The van der Waals surface area contributed by atoms with E-state index in [0.717, 1.165) is 12.1 Å². The van der Waals surface area contributed by atoms with Crippen molar-refractivity contribution in [3.05, 3.63) is 51.9 Å². The highest BCUT2D eigenvalue weighted by atomic mass is 35.5. The maximum atomic E-state index is 13.6. The number of alkyl halides is 3. The first-order valence-electron chi connectivity index (χ1n) is 10.1. The number of nitrogens with one attached hydrogen (secondary N) is 1. The average molecular weight is 498 g/mol. The third-order valence-corrected chi connectivity index (χ3v) is 5.93. The number of hydrogen-bond acceptors (Lipinski definition) is 5. The molecule has 1 aliphatic rings. The van der Waals surface area contributed by atoms with Crippen molar-refractivity contribution in [3.8, 4) is 6.07 Å². The molecule has 0 radical (unpaired) electrons. The summed E-state index contributed by atoms with van der Waals surface area (Å²) in [6, 6.07) is 4.84. The summed E-state index contributed by atoms with van der Waals surface area (Å²) < 4.78 is 54.5. The molecule has 2 heterocycles. The molecule has 0 unspecified atom stereocenters. The summed E-state index contributed by atoms with van der Waals surface area (Å²) in [6.07, 6.45) is -4.85. The average Bonchev–Trinajstić information content (AvgIpc) is 3.23. The second-order valence-electron chi connectivity index (χ2n) is 7.83. The molecular weight excluding hydrogens is 478 g/mol. The van der Waals surface area contributed by atoms with E-state index in [1.807, 2.05) is 0 Å². The highest BCUT2D eigenvalue weighted by Gasteiger charge is 2.44. The molecule has 1 aromatic heterocycles. The Morgan fingerprint density at radius 3 is 2.56 bits per heavy atom. The van der Waals surface area contributed by atoms with E-state index >= 15 is 0 Å². The van der Waals surface area contributed by atoms with Crippen LogP contribution in [0.25, 0.3) is 0 Å². The van der Waals surface area contributed by atoms with Crippen molar-refractivity contribution >= 4 is 34.9 Å². The number of benzene rings is 1. The van der Waals surface area contributed by atoms with Gasteiger partial charge in [-0.3, -0.25) is 9.59 Å². The number of carbonyl (C=O) groups is 2. The number of pyridine rings is 1. The molecule has 12 heteroatoms. The number of amides is 2. The van der Waals surface area contributed by atoms with Gasteiger partial charge in [-0.1, -0.05) is 11.6 Å². The van der Waals surface area contributed by atoms with E-state index in [-0.39, 0.29) is 35.2 Å². The van der Waals surface area contributed by atoms with E-state index in [4.69, 9.17) is 11.6 Å². The first-order valence-corrected chi connectivity index (χ1v) is 10.5. The molecule has 2 amide bonds. The van der Waals surface area contributed by atoms with Crippen LogP contribution in [0, 0.1) is 30.0 Å². The van der Waals surface area contributed by atoms with Gasteiger partial charge in [-0.2, -0.15) is 18.4 Å². The number of hydrogen-bond donors (Lipinski definition) is 1. The van der Waals surface area contributed by atoms with E-state index in [2.05, 4.69) is 10.3 Å². The van der Waals surface area contributed by atoms with Crippen LogP contribution in [0.3, 0.4) is 0 Å². The number of anilines is 2. The summed E-state index contributed by atoms with van der Waals surface area (Å²) in [5, 5.41) is 11.8. The van der Waals surface area contributed by atoms with Crippen molar-refractivity contribution in [1.29, 1.82) is 5.26 Å². The van der Waals surface area contributed by atoms with E-state index in [1.165, 1.54) is 43.0 Å². The second kappa shape index (κ2) is 9.46. The molecule has 0 aliphatic carbocycles. The van der Waals surface area contributed by atoms with Crippen molar-refractivity contribution in [2.24, 2.45) is 5.92 Å². The molecule has 7 nitrogen and oxygen atoms in total. The fourth-order valence-corrected chi connectivity index (χ4v) is 4.12. The number of likely N-dealkylation sites (N-methyl/N-ethyl adjacent to an activating group) is 1. The number of halogens is 5. The predicted molar refractivity (Wildman–Crippen MR) is 117 cm³/mol. The number of nitrogens with zero attached hydrogens (tertiary/aromatic N) is 4. The smallest absolute Gasteiger partial charge is 0.359 e. The fraction of sp³-hybridized carbons (Fsp3) is 0.364. The van der Waals surface area contributed by atoms with Crippen molar-refractivity contribution in [2.75, 3.05) is 30.4 Å². The first-order chi connectivity index (χ1) is 15.9. The van der Waals surface area contributed by atoms with Crippen LogP contribution in [0.5, 0.6) is 0 Å². The lowest BCUT2D eigenvalue weighted by Gasteiger charge is -2.30. The number of aromatic nitrogens is 1. The van der Waals surface area contributed by atoms with Gasteiger partial charge in [0.05, 0.1) is 16.5 Å². The number of nitriles is 1. The maximum absolute atomic E-state index is 13.6. The summed E-state index contributed by atoms with van der Waals surface area (Å²) in [7, 11) is 2.80. The molecule has 0 spiro atoms. The van der Waals surface area contributed by atoms with Crippen molar-refractivity contribution in [1.82, 2.24) is 10.3 Å². The van der Waals surface area contributed by atoms with Gasteiger partial charge in [-0.25, -0.2) is 9.37 Å². The van der Waals surface area contributed by atoms with Gasteiger partial charge in [0.1, 0.15) is 29.3 Å². The van der Waals surface area contributed by atoms with Crippen LogP contribution in [-0.2, 0) is 15.8 Å². The minimum Gasteiger partial charge on any atom is -0.359 e. The van der Waals surface area contributed by atoms with Crippen LogP contribution in [-0.4, -0.2) is 43.5 Å². The highest BCUT2D eigenvalue weighted by molar-refractivity contribution is 6.31. The zero-order valence-electron chi connectivity index (χ0n) is 18.4. The molecule has 1 N–H and O–H groups in total. The van der Waals surface area contributed by atoms with Crippen LogP contribution in [0.2, 0.25) is 5.02 Å². The van der Waals surface area contributed by atoms with Gasteiger partial charge in [0.15, 0.2) is 0 Å². The third-order valence-electron chi connectivity index (χ3n) is 5.64. The molecule has 0 bridgehead atoms. The summed E-state index contributed by atoms with van der Waals surface area (Å²) in [4.78, 5) is 32.3. The van der Waals surface area contributed by atoms with E-state index in [1.54, 1.807) is 6.07 Å². The van der Waals surface area contributed by atoms with Gasteiger partial charge in [-0.05, 0) is 37.6 Å². The van der Waals surface area contributed by atoms with Crippen molar-refractivity contribution < 1.29 is 27.2 Å². The lowest BCUT2D eigenvalue weighted by molar-refractivity contribution is -0.137. The molecule has 0 saturated carbocycles. The summed E-state index contributed by atoms with van der Waals surface area (Å²) in [5.74, 6) is -2.75. The quantitative estimate of drug-likeness (QED) is 0.651. The maximum Gasteiger partial charge on any atom is 0.417 e. The molecule has 1 saturated heterocycles. The lowest BCUT2D eigenvalue weighted by Crippen LogP contribution is -2.45. The Morgan fingerprint density at radius 1 is 1.32 bits per heavy atom. The van der Waals surface area contributed by atoms with Crippen LogP contribution in [0.1, 0.15) is 23.2 Å². The summed E-state index contributed by atoms with van der Waals surface area (Å²) >= 11 is 5.82. The van der Waals surface area contributed by atoms with E-state index in [9.17, 15) is 32.4 Å². The Morgan fingerprint density at radius 2 is 2.00 bits per heavy atom. The van der Waals surface area contributed by atoms with Crippen molar-refractivity contribution in [2.45, 2.75) is 25.6 Å². The zero-order valence-corrected chi connectivity index (χ0v) is 19.1. The summed E-state index contributed by atoms with van der Waals surface area (Å²) in [5.41, 5.74) is -1.67. The third kappa shape index (κ3) is 4.77. The SMILES string of the molecule is CNC(=O)[C@H]1C[C@@H](C(=O)N(C)c2ccc(F)c(Cl)c2)N(c2nc(C)cc(C(F)(F)F)c2C#N)C1. The Hall–Kier alpha value is -3.39. The number of carbonyl (C=O) groups excluding carboxylic acids is 2. The predicted octanol–water partition coefficient (Wildman–Crippen LogP) is 3.68. The van der Waals surface area contributed by atoms with Gasteiger partial charge in [-0.15, -0.1) is 0 Å². The Kier molecular flexibility index (Phi) is 7.02. The van der Waals surface area contributed by atoms with Crippen LogP contribution in [0.15, 0.2) is 24.3 Å². The van der Waals surface area contributed by atoms with Gasteiger partial charge >= 0.3 is 6.18 Å². The van der Waals surface area contributed by atoms with Crippen LogP contribution in [0.4, 0.5) is 29.1 Å². The molecule has 2 atom stereocenters. The normalized spacial score (nSPS) is 17.9. The molecule has 2 aromatic rings.